The van der Waals surface area contributed by atoms with Crippen molar-refractivity contribution in [1.82, 2.24) is 20.0 Å². The normalized spacial score (nSPS) is 25.0. The second kappa shape index (κ2) is 5.99. The van der Waals surface area contributed by atoms with E-state index in [9.17, 15) is 4.79 Å². The summed E-state index contributed by atoms with van der Waals surface area (Å²) >= 11 is 0. The number of aromatic nitrogens is 2. The number of nitrogens with one attached hydrogen (secondary N) is 1. The molecule has 2 unspecified atom stereocenters. The molecule has 0 saturated carbocycles. The molecular formula is C20H24N4O. The van der Waals surface area contributed by atoms with E-state index in [1.807, 2.05) is 27.8 Å². The highest BCUT2D eigenvalue weighted by molar-refractivity contribution is 5.94. The number of amides is 1. The fraction of sp³-hybridized carbons (Fsp3) is 0.500. The Morgan fingerprint density at radius 3 is 2.80 bits per heavy atom. The van der Waals surface area contributed by atoms with Crippen LogP contribution in [0.4, 0.5) is 0 Å². The minimum atomic E-state index is 0.127. The smallest absolute Gasteiger partial charge is 0.274 e. The maximum Gasteiger partial charge on any atom is 0.274 e. The van der Waals surface area contributed by atoms with E-state index in [0.29, 0.717) is 17.8 Å². The van der Waals surface area contributed by atoms with Crippen LogP contribution in [0.3, 0.4) is 0 Å². The minimum Gasteiger partial charge on any atom is -0.336 e. The Kier molecular flexibility index (Phi) is 3.63. The maximum atomic E-state index is 13.3. The van der Waals surface area contributed by atoms with Gasteiger partial charge in [0.05, 0.1) is 5.69 Å². The lowest BCUT2D eigenvalue weighted by Gasteiger charge is -2.23. The van der Waals surface area contributed by atoms with Gasteiger partial charge in [0.15, 0.2) is 5.69 Å². The molecule has 5 nitrogen and oxygen atoms in total. The van der Waals surface area contributed by atoms with E-state index in [-0.39, 0.29) is 5.91 Å². The molecule has 2 atom stereocenters. The van der Waals surface area contributed by atoms with Gasteiger partial charge >= 0.3 is 0 Å². The zero-order chi connectivity index (χ0) is 16.8. The molecule has 2 bridgehead atoms. The molecule has 3 heterocycles. The largest absolute Gasteiger partial charge is 0.336 e. The number of carbonyl (C=O) groups excluding carboxylic acids is 1. The van der Waals surface area contributed by atoms with Gasteiger partial charge < -0.3 is 10.2 Å². The van der Waals surface area contributed by atoms with Gasteiger partial charge in [0, 0.05) is 36.4 Å². The molecule has 25 heavy (non-hydrogen) atoms. The monoisotopic (exact) mass is 336 g/mol. The predicted molar refractivity (Wildman–Crippen MR) is 96.1 cm³/mol. The first kappa shape index (κ1) is 15.1. The molecule has 2 aliphatic heterocycles. The topological polar surface area (TPSA) is 50.2 Å². The number of benzene rings is 1. The first-order valence-electron chi connectivity index (χ1n) is 9.51. The van der Waals surface area contributed by atoms with E-state index in [4.69, 9.17) is 5.10 Å². The number of nitrogens with zero attached hydrogens (tertiary/aromatic N) is 3. The highest BCUT2D eigenvalue weighted by atomic mass is 16.2. The number of hydrogen-bond donors (Lipinski definition) is 1. The van der Waals surface area contributed by atoms with Gasteiger partial charge in [-0.3, -0.25) is 4.79 Å². The Balaban J connectivity index is 1.49. The number of para-hydroxylation sites is 1. The second-order valence-electron chi connectivity index (χ2n) is 7.55. The van der Waals surface area contributed by atoms with Gasteiger partial charge in [-0.15, -0.1) is 0 Å². The number of hydrogen-bond acceptors (Lipinski definition) is 3. The van der Waals surface area contributed by atoms with Gasteiger partial charge in [0.2, 0.25) is 0 Å². The lowest BCUT2D eigenvalue weighted by Crippen LogP contribution is -2.39. The number of likely N-dealkylation sites (tertiary alicyclic amines) is 1. The standard InChI is InChI=1S/C20H24N4O/c25-20(23-12-11-14-9-10-15(13-23)21-14)19-17-7-4-8-18(17)24(22-19)16-5-2-1-3-6-16/h1-3,5-6,14-15,21H,4,7-13H2. The third-order valence-corrected chi connectivity index (χ3v) is 5.94. The van der Waals surface area contributed by atoms with Crippen molar-refractivity contribution in [3.05, 3.63) is 47.3 Å². The van der Waals surface area contributed by atoms with Crippen molar-refractivity contribution in [3.8, 4) is 5.69 Å². The molecule has 130 valence electrons. The Labute approximate surface area is 148 Å². The third kappa shape index (κ3) is 2.58. The minimum absolute atomic E-state index is 0.127. The lowest BCUT2D eigenvalue weighted by molar-refractivity contribution is 0.0740. The molecule has 1 amide bonds. The van der Waals surface area contributed by atoms with Gasteiger partial charge in [0.25, 0.3) is 5.91 Å². The van der Waals surface area contributed by atoms with Crippen LogP contribution in [0.1, 0.15) is 47.4 Å². The first-order chi connectivity index (χ1) is 12.3. The molecular weight excluding hydrogens is 312 g/mol. The Morgan fingerprint density at radius 1 is 1.08 bits per heavy atom. The molecule has 2 fully saturated rings. The van der Waals surface area contributed by atoms with E-state index >= 15 is 0 Å². The Bertz CT molecular complexity index is 798. The van der Waals surface area contributed by atoms with E-state index in [0.717, 1.165) is 44.5 Å². The molecule has 3 aliphatic rings. The van der Waals surface area contributed by atoms with Crippen LogP contribution >= 0.6 is 0 Å². The van der Waals surface area contributed by atoms with E-state index in [1.54, 1.807) is 0 Å². The van der Waals surface area contributed by atoms with Crippen LogP contribution in [-0.4, -0.2) is 45.8 Å². The van der Waals surface area contributed by atoms with Crippen LogP contribution in [0.2, 0.25) is 0 Å². The summed E-state index contributed by atoms with van der Waals surface area (Å²) in [5.41, 5.74) is 4.14. The van der Waals surface area contributed by atoms with Crippen LogP contribution in [-0.2, 0) is 12.8 Å². The molecule has 1 aliphatic carbocycles. The summed E-state index contributed by atoms with van der Waals surface area (Å²) in [7, 11) is 0. The average molecular weight is 336 g/mol. The van der Waals surface area contributed by atoms with Gasteiger partial charge in [-0.1, -0.05) is 18.2 Å². The molecule has 0 spiro atoms. The molecule has 2 aromatic rings. The van der Waals surface area contributed by atoms with Crippen LogP contribution < -0.4 is 5.32 Å². The maximum absolute atomic E-state index is 13.3. The molecule has 1 N–H and O–H groups in total. The van der Waals surface area contributed by atoms with Crippen molar-refractivity contribution in [3.63, 3.8) is 0 Å². The third-order valence-electron chi connectivity index (χ3n) is 5.94. The predicted octanol–water partition coefficient (Wildman–Crippen LogP) is 2.33. The summed E-state index contributed by atoms with van der Waals surface area (Å²) in [6.45, 7) is 1.67. The van der Waals surface area contributed by atoms with Crippen molar-refractivity contribution < 1.29 is 4.79 Å². The highest BCUT2D eigenvalue weighted by Crippen LogP contribution is 2.29. The summed E-state index contributed by atoms with van der Waals surface area (Å²) in [5, 5.41) is 8.43. The van der Waals surface area contributed by atoms with Gasteiger partial charge in [-0.05, 0) is 50.7 Å². The van der Waals surface area contributed by atoms with Crippen LogP contribution in [0, 0.1) is 0 Å². The van der Waals surface area contributed by atoms with Crippen LogP contribution in [0.15, 0.2) is 30.3 Å². The molecule has 5 heteroatoms. The summed E-state index contributed by atoms with van der Waals surface area (Å²) in [6, 6.07) is 11.2. The van der Waals surface area contributed by atoms with E-state index in [2.05, 4.69) is 17.4 Å². The highest BCUT2D eigenvalue weighted by Gasteiger charge is 2.34. The fourth-order valence-electron chi connectivity index (χ4n) is 4.67. The quantitative estimate of drug-likeness (QED) is 0.916. The summed E-state index contributed by atoms with van der Waals surface area (Å²) in [6.07, 6.45) is 6.60. The number of carbonyl (C=O) groups is 1. The molecule has 2 saturated heterocycles. The molecule has 1 aromatic heterocycles. The second-order valence-corrected chi connectivity index (χ2v) is 7.55. The van der Waals surface area contributed by atoms with Crippen LogP contribution in [0.5, 0.6) is 0 Å². The zero-order valence-corrected chi connectivity index (χ0v) is 14.4. The van der Waals surface area contributed by atoms with E-state index < -0.39 is 0 Å². The van der Waals surface area contributed by atoms with Crippen LogP contribution in [0.25, 0.3) is 5.69 Å². The van der Waals surface area contributed by atoms with E-state index in [1.165, 1.54) is 24.1 Å². The number of fused-ring (bicyclic) bond motifs is 3. The first-order valence-corrected chi connectivity index (χ1v) is 9.51. The Morgan fingerprint density at radius 2 is 1.92 bits per heavy atom. The number of rotatable bonds is 2. The molecule has 0 radical (unpaired) electrons. The zero-order valence-electron chi connectivity index (χ0n) is 14.4. The van der Waals surface area contributed by atoms with Crippen molar-refractivity contribution in [2.45, 2.75) is 50.6 Å². The SMILES string of the molecule is O=C(c1nn(-c2ccccc2)c2c1CCC2)N1CCC2CCC(C1)N2. The molecule has 1 aromatic carbocycles. The summed E-state index contributed by atoms with van der Waals surface area (Å²) in [4.78, 5) is 15.3. The summed E-state index contributed by atoms with van der Waals surface area (Å²) < 4.78 is 2.00. The van der Waals surface area contributed by atoms with Gasteiger partial charge in [-0.2, -0.15) is 5.10 Å². The average Bonchev–Trinajstić information content (AvgIpc) is 3.30. The summed E-state index contributed by atoms with van der Waals surface area (Å²) in [5.74, 6) is 0.127. The van der Waals surface area contributed by atoms with Gasteiger partial charge in [0.1, 0.15) is 0 Å². The van der Waals surface area contributed by atoms with Crippen molar-refractivity contribution >= 4 is 5.91 Å². The van der Waals surface area contributed by atoms with Crippen molar-refractivity contribution in [2.75, 3.05) is 13.1 Å². The Hall–Kier alpha value is -2.14. The van der Waals surface area contributed by atoms with Crippen molar-refractivity contribution in [2.24, 2.45) is 0 Å². The molecule has 5 rings (SSSR count). The lowest BCUT2D eigenvalue weighted by atomic mass is 10.1. The van der Waals surface area contributed by atoms with Crippen molar-refractivity contribution in [1.29, 1.82) is 0 Å². The fourth-order valence-corrected chi connectivity index (χ4v) is 4.67. The van der Waals surface area contributed by atoms with Gasteiger partial charge in [-0.25, -0.2) is 4.68 Å².